The Hall–Kier alpha value is -2.02. The van der Waals surface area contributed by atoms with Crippen LogP contribution in [0.5, 0.6) is 0 Å². The van der Waals surface area contributed by atoms with Gasteiger partial charge in [0, 0.05) is 13.1 Å². The normalized spacial score (nSPS) is 21.9. The Kier molecular flexibility index (Phi) is 4.52. The molecule has 2 rings (SSSR count). The van der Waals surface area contributed by atoms with Gasteiger partial charge in [0.15, 0.2) is 0 Å². The van der Waals surface area contributed by atoms with Crippen molar-refractivity contribution in [3.8, 4) is 0 Å². The molecule has 21 heavy (non-hydrogen) atoms. The lowest BCUT2D eigenvalue weighted by Gasteiger charge is -2.35. The summed E-state index contributed by atoms with van der Waals surface area (Å²) in [6.07, 6.45) is 2.34. The summed E-state index contributed by atoms with van der Waals surface area (Å²) < 4.78 is 13.3. The lowest BCUT2D eigenvalue weighted by atomic mass is 9.91. The third-order valence-electron chi connectivity index (χ3n) is 3.90. The number of nitro groups is 1. The largest absolute Gasteiger partial charge is 0.391 e. The highest BCUT2D eigenvalue weighted by Crippen LogP contribution is 2.26. The molecule has 1 aromatic rings. The molecule has 1 aliphatic carbocycles. The number of carbonyl (C=O) groups excluding carboxylic acids is 1. The number of rotatable bonds is 3. The number of amides is 1. The molecule has 7 heteroatoms. The van der Waals surface area contributed by atoms with Crippen LogP contribution in [0.25, 0.3) is 0 Å². The van der Waals surface area contributed by atoms with Gasteiger partial charge in [0.2, 0.25) is 0 Å². The van der Waals surface area contributed by atoms with E-state index >= 15 is 0 Å². The number of nitro benzene ring substituents is 1. The Balaban J connectivity index is 2.30. The van der Waals surface area contributed by atoms with Gasteiger partial charge in [-0.2, -0.15) is 0 Å². The van der Waals surface area contributed by atoms with Crippen molar-refractivity contribution >= 4 is 11.6 Å². The van der Waals surface area contributed by atoms with Gasteiger partial charge in [0.1, 0.15) is 11.4 Å². The van der Waals surface area contributed by atoms with Gasteiger partial charge in [0.25, 0.3) is 11.6 Å². The first-order chi connectivity index (χ1) is 9.91. The molecule has 0 spiro atoms. The van der Waals surface area contributed by atoms with Crippen LogP contribution in [0.4, 0.5) is 10.1 Å². The van der Waals surface area contributed by atoms with Crippen molar-refractivity contribution < 1.29 is 19.2 Å². The van der Waals surface area contributed by atoms with E-state index in [2.05, 4.69) is 0 Å². The SMILES string of the molecule is CN(C(=O)c1cc(F)ccc1[N+](=O)[O-])C1CCCCC1O. The number of likely N-dealkylation sites (N-methyl/N-ethyl adjacent to an activating group) is 1. The highest BCUT2D eigenvalue weighted by atomic mass is 19.1. The average Bonchev–Trinajstić information content (AvgIpc) is 2.45. The van der Waals surface area contributed by atoms with Gasteiger partial charge in [-0.15, -0.1) is 0 Å². The van der Waals surface area contributed by atoms with Crippen molar-refractivity contribution in [2.45, 2.75) is 37.8 Å². The molecule has 2 atom stereocenters. The van der Waals surface area contributed by atoms with Gasteiger partial charge < -0.3 is 10.0 Å². The van der Waals surface area contributed by atoms with E-state index in [4.69, 9.17) is 0 Å². The maximum absolute atomic E-state index is 13.3. The molecule has 1 N–H and O–H groups in total. The van der Waals surface area contributed by atoms with Gasteiger partial charge in [-0.1, -0.05) is 12.8 Å². The minimum atomic E-state index is -0.711. The van der Waals surface area contributed by atoms with Gasteiger partial charge in [-0.25, -0.2) is 4.39 Å². The third kappa shape index (κ3) is 3.18. The topological polar surface area (TPSA) is 83.7 Å². The van der Waals surface area contributed by atoms with E-state index in [1.165, 1.54) is 11.9 Å². The van der Waals surface area contributed by atoms with Crippen molar-refractivity contribution in [2.75, 3.05) is 7.05 Å². The molecule has 1 amide bonds. The summed E-state index contributed by atoms with van der Waals surface area (Å²) >= 11 is 0. The Bertz CT molecular complexity index is 564. The zero-order chi connectivity index (χ0) is 15.6. The molecule has 0 bridgehead atoms. The molecule has 6 nitrogen and oxygen atoms in total. The summed E-state index contributed by atoms with van der Waals surface area (Å²) in [6.45, 7) is 0. The zero-order valence-electron chi connectivity index (χ0n) is 11.7. The second-order valence-corrected chi connectivity index (χ2v) is 5.25. The smallest absolute Gasteiger partial charge is 0.282 e. The fourth-order valence-corrected chi connectivity index (χ4v) is 2.72. The number of hydrogen-bond acceptors (Lipinski definition) is 4. The first-order valence-corrected chi connectivity index (χ1v) is 6.81. The van der Waals surface area contributed by atoms with E-state index < -0.39 is 34.5 Å². The van der Waals surface area contributed by atoms with Crippen LogP contribution >= 0.6 is 0 Å². The Labute approximate surface area is 121 Å². The number of hydrogen-bond donors (Lipinski definition) is 1. The highest BCUT2D eigenvalue weighted by molar-refractivity contribution is 5.98. The molecular weight excluding hydrogens is 279 g/mol. The van der Waals surface area contributed by atoms with Crippen LogP contribution in [0.3, 0.4) is 0 Å². The first-order valence-electron chi connectivity index (χ1n) is 6.81. The zero-order valence-corrected chi connectivity index (χ0v) is 11.7. The van der Waals surface area contributed by atoms with Crippen LogP contribution in [0.1, 0.15) is 36.0 Å². The number of benzene rings is 1. The molecule has 0 heterocycles. The van der Waals surface area contributed by atoms with Crippen molar-refractivity contribution in [1.29, 1.82) is 0 Å². The van der Waals surface area contributed by atoms with Crippen molar-refractivity contribution in [3.63, 3.8) is 0 Å². The quantitative estimate of drug-likeness (QED) is 0.684. The Morgan fingerprint density at radius 2 is 2.10 bits per heavy atom. The highest BCUT2D eigenvalue weighted by Gasteiger charge is 2.32. The van der Waals surface area contributed by atoms with Gasteiger partial charge in [-0.3, -0.25) is 14.9 Å². The molecule has 1 aliphatic rings. The van der Waals surface area contributed by atoms with E-state index in [0.29, 0.717) is 12.8 Å². The molecule has 114 valence electrons. The maximum Gasteiger partial charge on any atom is 0.282 e. The van der Waals surface area contributed by atoms with E-state index in [-0.39, 0.29) is 5.56 Å². The molecule has 0 aliphatic heterocycles. The summed E-state index contributed by atoms with van der Waals surface area (Å²) in [5.41, 5.74) is -0.723. The van der Waals surface area contributed by atoms with Crippen LogP contribution in [-0.2, 0) is 0 Å². The summed E-state index contributed by atoms with van der Waals surface area (Å²) in [6, 6.07) is 2.40. The molecule has 1 aromatic carbocycles. The lowest BCUT2D eigenvalue weighted by molar-refractivity contribution is -0.385. The molecular formula is C14H17FN2O4. The van der Waals surface area contributed by atoms with Crippen LogP contribution in [0, 0.1) is 15.9 Å². The van der Waals surface area contributed by atoms with E-state index in [9.17, 15) is 24.4 Å². The summed E-state index contributed by atoms with van der Waals surface area (Å²) in [4.78, 5) is 23.9. The molecule has 1 fully saturated rings. The summed E-state index contributed by atoms with van der Waals surface area (Å²) in [5, 5.41) is 20.9. The fraction of sp³-hybridized carbons (Fsp3) is 0.500. The number of halogens is 1. The number of nitrogens with zero attached hydrogens (tertiary/aromatic N) is 2. The monoisotopic (exact) mass is 296 g/mol. The molecule has 0 radical (unpaired) electrons. The Morgan fingerprint density at radius 3 is 2.71 bits per heavy atom. The van der Waals surface area contributed by atoms with Crippen molar-refractivity contribution in [2.24, 2.45) is 0 Å². The molecule has 0 saturated heterocycles. The average molecular weight is 296 g/mol. The number of aliphatic hydroxyl groups excluding tert-OH is 1. The number of aliphatic hydroxyl groups is 1. The maximum atomic E-state index is 13.3. The van der Waals surface area contributed by atoms with Crippen molar-refractivity contribution in [1.82, 2.24) is 4.90 Å². The molecule has 1 saturated carbocycles. The standard InChI is InChI=1S/C14H17FN2O4/c1-16(12-4-2-3-5-13(12)18)14(19)10-8-9(15)6-7-11(10)17(20)21/h6-8,12-13,18H,2-5H2,1H3. The molecule has 2 unspecified atom stereocenters. The number of carbonyl (C=O) groups is 1. The summed E-state index contributed by atoms with van der Waals surface area (Å²) in [5.74, 6) is -1.35. The third-order valence-corrected chi connectivity index (χ3v) is 3.90. The fourth-order valence-electron chi connectivity index (χ4n) is 2.72. The van der Waals surface area contributed by atoms with Crippen LogP contribution in [0.2, 0.25) is 0 Å². The van der Waals surface area contributed by atoms with Crippen LogP contribution in [0.15, 0.2) is 18.2 Å². The second kappa shape index (κ2) is 6.17. The van der Waals surface area contributed by atoms with Gasteiger partial charge in [0.05, 0.1) is 17.1 Å². The predicted octanol–water partition coefficient (Wildman–Crippen LogP) is 2.11. The van der Waals surface area contributed by atoms with E-state index in [1.807, 2.05) is 0 Å². The Morgan fingerprint density at radius 1 is 1.43 bits per heavy atom. The predicted molar refractivity (Wildman–Crippen MR) is 73.4 cm³/mol. The van der Waals surface area contributed by atoms with E-state index in [1.54, 1.807) is 0 Å². The van der Waals surface area contributed by atoms with Gasteiger partial charge >= 0.3 is 0 Å². The van der Waals surface area contributed by atoms with Crippen molar-refractivity contribution in [3.05, 3.63) is 39.7 Å². The van der Waals surface area contributed by atoms with Crippen LogP contribution in [-0.4, -0.2) is 40.0 Å². The summed E-state index contributed by atoms with van der Waals surface area (Å²) in [7, 11) is 1.48. The first kappa shape index (κ1) is 15.4. The molecule has 0 aromatic heterocycles. The minimum absolute atomic E-state index is 0.291. The minimum Gasteiger partial charge on any atom is -0.391 e. The van der Waals surface area contributed by atoms with Crippen LogP contribution < -0.4 is 0 Å². The lowest BCUT2D eigenvalue weighted by Crippen LogP contribution is -2.46. The van der Waals surface area contributed by atoms with E-state index in [0.717, 1.165) is 31.0 Å². The van der Waals surface area contributed by atoms with Gasteiger partial charge in [-0.05, 0) is 25.0 Å². The second-order valence-electron chi connectivity index (χ2n) is 5.25.